The zero-order valence-corrected chi connectivity index (χ0v) is 26.8. The van der Waals surface area contributed by atoms with E-state index in [0.717, 1.165) is 51.4 Å². The summed E-state index contributed by atoms with van der Waals surface area (Å²) >= 11 is 0. The molecule has 0 radical (unpaired) electrons. The molecule has 3 rings (SSSR count). The minimum Gasteiger partial charge on any atom is -0.462 e. The molecule has 10 nitrogen and oxygen atoms in total. The summed E-state index contributed by atoms with van der Waals surface area (Å²) in [6, 6.07) is 14.0. The predicted molar refractivity (Wildman–Crippen MR) is 176 cm³/mol. The van der Waals surface area contributed by atoms with Gasteiger partial charge in [-0.05, 0) is 73.2 Å². The Hall–Kier alpha value is -4.21. The SMILES string of the molecule is CCCCC(CC)COC(=O)c1ccc(Nc2nc(NC)nc(Nc3ccc(C(=O)OCC(CC)CCCC)cc3)n2)cc1. The Morgan fingerprint density at radius 3 is 1.36 bits per heavy atom. The number of nitrogens with one attached hydrogen (secondary N) is 3. The molecule has 0 amide bonds. The monoisotopic (exact) mass is 604 g/mol. The van der Waals surface area contributed by atoms with Gasteiger partial charge >= 0.3 is 11.9 Å². The maximum absolute atomic E-state index is 12.6. The second kappa shape index (κ2) is 18.5. The Balaban J connectivity index is 1.59. The molecule has 0 aliphatic carbocycles. The maximum Gasteiger partial charge on any atom is 0.338 e. The van der Waals surface area contributed by atoms with Crippen LogP contribution in [0.2, 0.25) is 0 Å². The van der Waals surface area contributed by atoms with Crippen LogP contribution in [0.3, 0.4) is 0 Å². The van der Waals surface area contributed by atoms with Gasteiger partial charge in [0.25, 0.3) is 0 Å². The molecule has 0 spiro atoms. The Kier molecular flexibility index (Phi) is 14.4. The lowest BCUT2D eigenvalue weighted by molar-refractivity contribution is 0.0419. The van der Waals surface area contributed by atoms with E-state index in [2.05, 4.69) is 58.6 Å². The first-order valence-electron chi connectivity index (χ1n) is 15.9. The van der Waals surface area contributed by atoms with Crippen molar-refractivity contribution in [1.29, 1.82) is 0 Å². The van der Waals surface area contributed by atoms with Gasteiger partial charge in [-0.3, -0.25) is 0 Å². The van der Waals surface area contributed by atoms with Crippen LogP contribution < -0.4 is 16.0 Å². The van der Waals surface area contributed by atoms with Crippen LogP contribution in [0, 0.1) is 11.8 Å². The van der Waals surface area contributed by atoms with E-state index in [1.165, 1.54) is 0 Å². The average Bonchev–Trinajstić information content (AvgIpc) is 3.05. The average molecular weight is 605 g/mol. The summed E-state index contributed by atoms with van der Waals surface area (Å²) in [5, 5.41) is 9.27. The quantitative estimate of drug-likeness (QED) is 0.115. The molecule has 3 N–H and O–H groups in total. The van der Waals surface area contributed by atoms with Crippen LogP contribution in [0.5, 0.6) is 0 Å². The van der Waals surface area contributed by atoms with Crippen LogP contribution in [0.4, 0.5) is 29.2 Å². The third-order valence-electron chi connectivity index (χ3n) is 7.60. The highest BCUT2D eigenvalue weighted by atomic mass is 16.5. The molecule has 1 aromatic heterocycles. The lowest BCUT2D eigenvalue weighted by Gasteiger charge is -2.15. The fraction of sp³-hybridized carbons (Fsp3) is 0.500. The van der Waals surface area contributed by atoms with Gasteiger partial charge in [0.05, 0.1) is 24.3 Å². The largest absolute Gasteiger partial charge is 0.462 e. The smallest absolute Gasteiger partial charge is 0.338 e. The van der Waals surface area contributed by atoms with Crippen molar-refractivity contribution in [2.24, 2.45) is 11.8 Å². The second-order valence-corrected chi connectivity index (χ2v) is 11.0. The Bertz CT molecular complexity index is 1200. The number of esters is 2. The number of ether oxygens (including phenoxy) is 2. The minimum absolute atomic E-state index is 0.317. The summed E-state index contributed by atoms with van der Waals surface area (Å²) in [5.74, 6) is 1.13. The highest BCUT2D eigenvalue weighted by molar-refractivity contribution is 5.90. The number of unbranched alkanes of at least 4 members (excludes halogenated alkanes) is 2. The molecule has 0 fully saturated rings. The van der Waals surface area contributed by atoms with E-state index < -0.39 is 0 Å². The van der Waals surface area contributed by atoms with E-state index in [1.807, 2.05) is 0 Å². The summed E-state index contributed by atoms with van der Waals surface area (Å²) in [6.45, 7) is 9.46. The van der Waals surface area contributed by atoms with Crippen molar-refractivity contribution in [1.82, 2.24) is 15.0 Å². The van der Waals surface area contributed by atoms with Crippen LogP contribution >= 0.6 is 0 Å². The first-order valence-corrected chi connectivity index (χ1v) is 15.9. The van der Waals surface area contributed by atoms with E-state index in [4.69, 9.17) is 9.47 Å². The molecule has 3 aromatic rings. The minimum atomic E-state index is -0.327. The summed E-state index contributed by atoms with van der Waals surface area (Å²) < 4.78 is 11.1. The molecule has 0 aliphatic heterocycles. The number of aromatic nitrogens is 3. The van der Waals surface area contributed by atoms with Gasteiger partial charge in [0, 0.05) is 18.4 Å². The summed E-state index contributed by atoms with van der Waals surface area (Å²) in [7, 11) is 1.72. The van der Waals surface area contributed by atoms with Crippen LogP contribution in [0.15, 0.2) is 48.5 Å². The van der Waals surface area contributed by atoms with Gasteiger partial charge in [-0.1, -0.05) is 66.2 Å². The molecule has 2 aromatic carbocycles. The molecule has 2 atom stereocenters. The van der Waals surface area contributed by atoms with Gasteiger partial charge in [-0.25, -0.2) is 9.59 Å². The molecule has 0 bridgehead atoms. The zero-order valence-electron chi connectivity index (χ0n) is 26.8. The molecular formula is C34H48N6O4. The topological polar surface area (TPSA) is 127 Å². The fourth-order valence-electron chi connectivity index (χ4n) is 4.59. The molecule has 10 heteroatoms. The third-order valence-corrected chi connectivity index (χ3v) is 7.60. The number of carbonyl (C=O) groups is 2. The number of rotatable bonds is 19. The second-order valence-electron chi connectivity index (χ2n) is 11.0. The maximum atomic E-state index is 12.6. The van der Waals surface area contributed by atoms with Gasteiger partial charge < -0.3 is 25.4 Å². The van der Waals surface area contributed by atoms with Crippen molar-refractivity contribution < 1.29 is 19.1 Å². The van der Waals surface area contributed by atoms with Crippen molar-refractivity contribution in [2.75, 3.05) is 36.2 Å². The number of hydrogen-bond donors (Lipinski definition) is 3. The Morgan fingerprint density at radius 2 is 1.02 bits per heavy atom. The van der Waals surface area contributed by atoms with Crippen LogP contribution in [0.1, 0.15) is 99.8 Å². The Morgan fingerprint density at radius 1 is 0.636 bits per heavy atom. The van der Waals surface area contributed by atoms with Crippen molar-refractivity contribution in [3.05, 3.63) is 59.7 Å². The van der Waals surface area contributed by atoms with Gasteiger partial charge in [0.15, 0.2) is 0 Å². The van der Waals surface area contributed by atoms with E-state index in [-0.39, 0.29) is 11.9 Å². The van der Waals surface area contributed by atoms with Crippen molar-refractivity contribution in [3.63, 3.8) is 0 Å². The molecule has 0 aliphatic rings. The highest BCUT2D eigenvalue weighted by Gasteiger charge is 2.14. The lowest BCUT2D eigenvalue weighted by atomic mass is 10.0. The van der Waals surface area contributed by atoms with E-state index in [0.29, 0.717) is 65.4 Å². The zero-order chi connectivity index (χ0) is 31.7. The standard InChI is InChI=1S/C34H48N6O4/c1-6-10-12-24(8-3)22-43-30(41)26-14-18-28(19-15-26)36-33-38-32(35-5)39-34(40-33)37-29-20-16-27(17-21-29)31(42)44-23-25(9-4)13-11-7-2/h14-21,24-25H,6-13,22-23H2,1-5H3,(H3,35,36,37,38,39,40). The molecular weight excluding hydrogens is 556 g/mol. The summed E-state index contributed by atoms with van der Waals surface area (Å²) in [4.78, 5) is 38.4. The van der Waals surface area contributed by atoms with E-state index in [9.17, 15) is 9.59 Å². The van der Waals surface area contributed by atoms with Crippen LogP contribution in [-0.4, -0.2) is 47.2 Å². The summed E-state index contributed by atoms with van der Waals surface area (Å²) in [6.07, 6.45) is 8.68. The third kappa shape index (κ3) is 11.1. The molecule has 238 valence electrons. The molecule has 2 unspecified atom stereocenters. The van der Waals surface area contributed by atoms with Gasteiger partial charge in [-0.15, -0.1) is 0 Å². The Labute approximate surface area is 261 Å². The first kappa shape index (κ1) is 34.3. The van der Waals surface area contributed by atoms with Gasteiger partial charge in [0.1, 0.15) is 0 Å². The van der Waals surface area contributed by atoms with Crippen LogP contribution in [0.25, 0.3) is 0 Å². The summed E-state index contributed by atoms with van der Waals surface area (Å²) in [5.41, 5.74) is 2.39. The van der Waals surface area contributed by atoms with Gasteiger partial charge in [-0.2, -0.15) is 15.0 Å². The van der Waals surface area contributed by atoms with E-state index >= 15 is 0 Å². The molecule has 1 heterocycles. The van der Waals surface area contributed by atoms with Crippen molar-refractivity contribution >= 4 is 41.2 Å². The lowest BCUT2D eigenvalue weighted by Crippen LogP contribution is -2.14. The predicted octanol–water partition coefficient (Wildman–Crippen LogP) is 8.15. The molecule has 44 heavy (non-hydrogen) atoms. The number of anilines is 5. The molecule has 0 saturated carbocycles. The van der Waals surface area contributed by atoms with Gasteiger partial charge in [0.2, 0.25) is 17.8 Å². The van der Waals surface area contributed by atoms with E-state index in [1.54, 1.807) is 55.6 Å². The first-order chi connectivity index (χ1) is 21.4. The number of nitrogens with zero attached hydrogens (tertiary/aromatic N) is 3. The van der Waals surface area contributed by atoms with Crippen molar-refractivity contribution in [2.45, 2.75) is 79.1 Å². The number of benzene rings is 2. The number of carbonyl (C=O) groups excluding carboxylic acids is 2. The number of hydrogen-bond acceptors (Lipinski definition) is 10. The van der Waals surface area contributed by atoms with Crippen LogP contribution in [-0.2, 0) is 9.47 Å². The fourth-order valence-corrected chi connectivity index (χ4v) is 4.59. The molecule has 0 saturated heterocycles. The van der Waals surface area contributed by atoms with Crippen molar-refractivity contribution in [3.8, 4) is 0 Å². The highest BCUT2D eigenvalue weighted by Crippen LogP contribution is 2.21. The normalized spacial score (nSPS) is 12.2.